The lowest BCUT2D eigenvalue weighted by molar-refractivity contribution is 0.0161. The molecular weight excluding hydrogens is 378 g/mol. The Morgan fingerprint density at radius 1 is 0.467 bits per heavy atom. The van der Waals surface area contributed by atoms with E-state index in [1.54, 1.807) is 0 Å². The molecule has 0 amide bonds. The number of rotatable bonds is 6. The fraction of sp³-hybridized carbons (Fsp3) is 1.00. The molecular formula is C24H51N3O3. The summed E-state index contributed by atoms with van der Waals surface area (Å²) in [5.74, 6) is 0. The first-order valence-electron chi connectivity index (χ1n) is 11.7. The number of hydrogen-bond acceptors (Lipinski definition) is 6. The van der Waals surface area contributed by atoms with Crippen molar-refractivity contribution in [1.82, 2.24) is 14.7 Å². The molecule has 1 heterocycles. The first kappa shape index (κ1) is 27.8. The third-order valence-electron chi connectivity index (χ3n) is 6.49. The van der Waals surface area contributed by atoms with Gasteiger partial charge in [0.05, 0.1) is 18.3 Å². The second-order valence-corrected chi connectivity index (χ2v) is 12.5. The van der Waals surface area contributed by atoms with Crippen LogP contribution in [0.4, 0.5) is 0 Å². The van der Waals surface area contributed by atoms with Crippen LogP contribution in [0.25, 0.3) is 0 Å². The van der Waals surface area contributed by atoms with Crippen molar-refractivity contribution in [3.8, 4) is 0 Å². The summed E-state index contributed by atoms with van der Waals surface area (Å²) in [5, 5.41) is 32.0. The predicted octanol–water partition coefficient (Wildman–Crippen LogP) is 2.13. The van der Waals surface area contributed by atoms with Crippen LogP contribution < -0.4 is 0 Å². The van der Waals surface area contributed by atoms with E-state index in [0.29, 0.717) is 19.6 Å². The molecule has 1 saturated heterocycles. The third kappa shape index (κ3) is 9.92. The van der Waals surface area contributed by atoms with Gasteiger partial charge in [0, 0.05) is 58.9 Å². The fourth-order valence-electron chi connectivity index (χ4n) is 3.29. The van der Waals surface area contributed by atoms with Crippen LogP contribution in [-0.4, -0.2) is 107 Å². The van der Waals surface area contributed by atoms with E-state index >= 15 is 0 Å². The molecule has 6 nitrogen and oxygen atoms in total. The van der Waals surface area contributed by atoms with Crippen LogP contribution in [0.1, 0.15) is 62.3 Å². The average Bonchev–Trinajstić information content (AvgIpc) is 2.65. The van der Waals surface area contributed by atoms with Gasteiger partial charge in [0.1, 0.15) is 0 Å². The summed E-state index contributed by atoms with van der Waals surface area (Å²) in [6.07, 6.45) is -1.17. The van der Waals surface area contributed by atoms with Crippen molar-refractivity contribution < 1.29 is 15.3 Å². The average molecular weight is 430 g/mol. The van der Waals surface area contributed by atoms with Gasteiger partial charge in [-0.15, -0.1) is 0 Å². The minimum Gasteiger partial charge on any atom is -0.391 e. The number of β-amino-alcohol motifs (C(OH)–C–C–N with tert-alkyl or cyclic N) is 3. The molecule has 3 atom stereocenters. The summed E-state index contributed by atoms with van der Waals surface area (Å²) in [6, 6.07) is 0. The SMILES string of the molecule is CC(C)(C)C(O)CN1CCN(CC(O)C(C)(C)C)CCN(CC(O)C(C)(C)C)CC1. The smallest absolute Gasteiger partial charge is 0.0715 e. The summed E-state index contributed by atoms with van der Waals surface area (Å²) in [7, 11) is 0. The molecule has 1 fully saturated rings. The van der Waals surface area contributed by atoms with Gasteiger partial charge in [-0.3, -0.25) is 14.7 Å². The molecule has 3 unspecified atom stereocenters. The zero-order valence-corrected chi connectivity index (χ0v) is 21.3. The van der Waals surface area contributed by atoms with E-state index in [2.05, 4.69) is 77.0 Å². The van der Waals surface area contributed by atoms with E-state index in [1.807, 2.05) is 0 Å². The molecule has 30 heavy (non-hydrogen) atoms. The Hall–Kier alpha value is -0.240. The Kier molecular flexibility index (Phi) is 10.2. The van der Waals surface area contributed by atoms with Crippen molar-refractivity contribution in [2.24, 2.45) is 16.2 Å². The van der Waals surface area contributed by atoms with Gasteiger partial charge in [-0.2, -0.15) is 0 Å². The summed E-state index contributed by atoms with van der Waals surface area (Å²) in [4.78, 5) is 7.02. The van der Waals surface area contributed by atoms with Crippen molar-refractivity contribution in [1.29, 1.82) is 0 Å². The molecule has 0 bridgehead atoms. The van der Waals surface area contributed by atoms with Crippen LogP contribution in [0.5, 0.6) is 0 Å². The first-order valence-corrected chi connectivity index (χ1v) is 11.7. The van der Waals surface area contributed by atoms with Crippen LogP contribution in [0, 0.1) is 16.2 Å². The second kappa shape index (κ2) is 11.1. The second-order valence-electron chi connectivity index (χ2n) is 12.5. The van der Waals surface area contributed by atoms with Crippen LogP contribution in [0.2, 0.25) is 0 Å². The molecule has 0 aliphatic carbocycles. The highest BCUT2D eigenvalue weighted by molar-refractivity contribution is 4.83. The molecule has 1 aliphatic rings. The maximum absolute atomic E-state index is 10.7. The van der Waals surface area contributed by atoms with Gasteiger partial charge in [0.15, 0.2) is 0 Å². The van der Waals surface area contributed by atoms with Gasteiger partial charge >= 0.3 is 0 Å². The molecule has 0 aromatic heterocycles. The highest BCUT2D eigenvalue weighted by Crippen LogP contribution is 2.23. The topological polar surface area (TPSA) is 70.4 Å². The quantitative estimate of drug-likeness (QED) is 0.601. The Balaban J connectivity index is 2.90. The van der Waals surface area contributed by atoms with E-state index in [4.69, 9.17) is 0 Å². The lowest BCUT2D eigenvalue weighted by Gasteiger charge is -2.34. The molecule has 1 rings (SSSR count). The van der Waals surface area contributed by atoms with Crippen LogP contribution in [0.15, 0.2) is 0 Å². The van der Waals surface area contributed by atoms with Crippen molar-refractivity contribution >= 4 is 0 Å². The number of aliphatic hydroxyl groups is 3. The Morgan fingerprint density at radius 3 is 0.767 bits per heavy atom. The van der Waals surface area contributed by atoms with Gasteiger partial charge in [0.25, 0.3) is 0 Å². The van der Waals surface area contributed by atoms with Crippen molar-refractivity contribution in [2.75, 3.05) is 58.9 Å². The summed E-state index contributed by atoms with van der Waals surface area (Å²) < 4.78 is 0. The van der Waals surface area contributed by atoms with E-state index in [9.17, 15) is 15.3 Å². The molecule has 6 heteroatoms. The molecule has 0 aromatic carbocycles. The largest absolute Gasteiger partial charge is 0.391 e. The van der Waals surface area contributed by atoms with Gasteiger partial charge in [0.2, 0.25) is 0 Å². The summed E-state index contributed by atoms with van der Waals surface area (Å²) in [6.45, 7) is 25.9. The number of aliphatic hydroxyl groups excluding tert-OH is 3. The minimum atomic E-state index is -0.388. The van der Waals surface area contributed by atoms with Crippen molar-refractivity contribution in [2.45, 2.75) is 80.6 Å². The Morgan fingerprint density at radius 2 is 0.633 bits per heavy atom. The predicted molar refractivity (Wildman–Crippen MR) is 126 cm³/mol. The Bertz CT molecular complexity index is 410. The van der Waals surface area contributed by atoms with Gasteiger partial charge in [-0.1, -0.05) is 62.3 Å². The fourth-order valence-corrected chi connectivity index (χ4v) is 3.29. The van der Waals surface area contributed by atoms with Crippen LogP contribution >= 0.6 is 0 Å². The zero-order chi connectivity index (χ0) is 23.3. The highest BCUT2D eigenvalue weighted by atomic mass is 16.3. The lowest BCUT2D eigenvalue weighted by atomic mass is 9.88. The number of hydrogen-bond donors (Lipinski definition) is 3. The molecule has 0 spiro atoms. The zero-order valence-electron chi connectivity index (χ0n) is 21.3. The van der Waals surface area contributed by atoms with Crippen molar-refractivity contribution in [3.63, 3.8) is 0 Å². The molecule has 180 valence electrons. The van der Waals surface area contributed by atoms with E-state index < -0.39 is 0 Å². The molecule has 1 aliphatic heterocycles. The summed E-state index contributed by atoms with van der Waals surface area (Å²) >= 11 is 0. The van der Waals surface area contributed by atoms with Crippen LogP contribution in [0.3, 0.4) is 0 Å². The first-order chi connectivity index (χ1) is 13.5. The number of nitrogens with zero attached hydrogens (tertiary/aromatic N) is 3. The monoisotopic (exact) mass is 429 g/mol. The van der Waals surface area contributed by atoms with E-state index in [1.165, 1.54) is 0 Å². The van der Waals surface area contributed by atoms with E-state index in [0.717, 1.165) is 39.3 Å². The maximum Gasteiger partial charge on any atom is 0.0715 e. The summed E-state index contributed by atoms with van der Waals surface area (Å²) in [5.41, 5.74) is -0.450. The highest BCUT2D eigenvalue weighted by Gasteiger charge is 2.29. The van der Waals surface area contributed by atoms with Crippen LogP contribution in [-0.2, 0) is 0 Å². The van der Waals surface area contributed by atoms with Crippen molar-refractivity contribution in [3.05, 3.63) is 0 Å². The maximum atomic E-state index is 10.7. The van der Waals surface area contributed by atoms with Gasteiger partial charge < -0.3 is 15.3 Å². The normalized spacial score (nSPS) is 22.8. The van der Waals surface area contributed by atoms with Gasteiger partial charge in [-0.05, 0) is 16.2 Å². The molecule has 0 radical (unpaired) electrons. The third-order valence-corrected chi connectivity index (χ3v) is 6.49. The standard InChI is InChI=1S/C24H51N3O3/c1-22(2,3)19(28)16-25-10-12-26(17-20(29)23(4,5)6)14-15-27(13-11-25)18-21(30)24(7,8)9/h19-21,28-30H,10-18H2,1-9H3. The molecule has 3 N–H and O–H groups in total. The molecule has 0 aromatic rings. The minimum absolute atomic E-state index is 0.150. The molecule has 0 saturated carbocycles. The lowest BCUT2D eigenvalue weighted by Crippen LogP contribution is -2.45. The van der Waals surface area contributed by atoms with E-state index in [-0.39, 0.29) is 34.6 Å². The van der Waals surface area contributed by atoms with Gasteiger partial charge in [-0.25, -0.2) is 0 Å². The Labute approximate surface area is 186 Å².